The zero-order chi connectivity index (χ0) is 14.8. The van der Waals surface area contributed by atoms with Crippen molar-refractivity contribution in [2.45, 2.75) is 38.5 Å². The Labute approximate surface area is 126 Å². The van der Waals surface area contributed by atoms with Crippen LogP contribution >= 0.6 is 11.8 Å². The van der Waals surface area contributed by atoms with Gasteiger partial charge in [0.2, 0.25) is 0 Å². The molecule has 114 valence electrons. The number of aryl methyl sites for hydroxylation is 1. The smallest absolute Gasteiger partial charge is 0.191 e. The van der Waals surface area contributed by atoms with Crippen LogP contribution in [0.5, 0.6) is 0 Å². The molecule has 1 aromatic heterocycles. The normalized spacial score (nSPS) is 12.5. The summed E-state index contributed by atoms with van der Waals surface area (Å²) in [6.45, 7) is 10.1. The minimum Gasteiger partial charge on any atom is -0.357 e. The van der Waals surface area contributed by atoms with Crippen molar-refractivity contribution in [1.82, 2.24) is 20.2 Å². The molecule has 0 saturated heterocycles. The van der Waals surface area contributed by atoms with Gasteiger partial charge in [0.05, 0.1) is 12.9 Å². The summed E-state index contributed by atoms with van der Waals surface area (Å²) in [5.74, 6) is 0.903. The lowest BCUT2D eigenvalue weighted by Crippen LogP contribution is -2.39. The Bertz CT molecular complexity index is 386. The van der Waals surface area contributed by atoms with Crippen LogP contribution in [-0.4, -0.2) is 46.1 Å². The van der Waals surface area contributed by atoms with Crippen LogP contribution < -0.4 is 10.6 Å². The van der Waals surface area contributed by atoms with Crippen molar-refractivity contribution in [2.75, 3.05) is 25.9 Å². The zero-order valence-electron chi connectivity index (χ0n) is 13.0. The first kappa shape index (κ1) is 16.9. The molecule has 5 nitrogen and oxygen atoms in total. The van der Waals surface area contributed by atoms with Gasteiger partial charge in [0.25, 0.3) is 0 Å². The largest absolute Gasteiger partial charge is 0.357 e. The Morgan fingerprint density at radius 1 is 1.40 bits per heavy atom. The Hall–Kier alpha value is -1.17. The fraction of sp³-hybridized carbons (Fsp3) is 0.714. The molecular formula is C14H27N5S. The summed E-state index contributed by atoms with van der Waals surface area (Å²) in [4.78, 5) is 8.68. The Kier molecular flexibility index (Phi) is 7.51. The lowest BCUT2D eigenvalue weighted by Gasteiger charge is -2.20. The number of nitrogens with zero attached hydrogens (tertiary/aromatic N) is 3. The second kappa shape index (κ2) is 8.89. The second-order valence-corrected chi connectivity index (χ2v) is 6.75. The summed E-state index contributed by atoms with van der Waals surface area (Å²) >= 11 is 1.84. The lowest BCUT2D eigenvalue weighted by molar-refractivity contribution is 0.623. The summed E-state index contributed by atoms with van der Waals surface area (Å²) in [6.07, 6.45) is 8.82. The molecule has 1 rings (SSSR count). The lowest BCUT2D eigenvalue weighted by atomic mass is 10.2. The highest BCUT2D eigenvalue weighted by Crippen LogP contribution is 2.20. The van der Waals surface area contributed by atoms with E-state index in [1.807, 2.05) is 30.5 Å². The van der Waals surface area contributed by atoms with Crippen molar-refractivity contribution in [1.29, 1.82) is 0 Å². The van der Waals surface area contributed by atoms with Gasteiger partial charge in [-0.2, -0.15) is 11.8 Å². The van der Waals surface area contributed by atoms with E-state index in [-0.39, 0.29) is 4.75 Å². The first-order valence-electron chi connectivity index (χ1n) is 7.10. The fourth-order valence-electron chi connectivity index (χ4n) is 1.56. The van der Waals surface area contributed by atoms with Gasteiger partial charge in [0.15, 0.2) is 5.96 Å². The molecule has 2 N–H and O–H groups in total. The maximum Gasteiger partial charge on any atom is 0.191 e. The molecule has 6 heteroatoms. The number of nitrogens with one attached hydrogen (secondary N) is 2. The molecule has 0 spiro atoms. The van der Waals surface area contributed by atoms with Gasteiger partial charge in [-0.3, -0.25) is 4.99 Å². The average Bonchev–Trinajstić information content (AvgIpc) is 2.94. The second-order valence-electron chi connectivity index (χ2n) is 5.24. The zero-order valence-corrected chi connectivity index (χ0v) is 13.8. The maximum absolute atomic E-state index is 4.64. The molecule has 0 atom stereocenters. The third-order valence-electron chi connectivity index (χ3n) is 2.96. The van der Waals surface area contributed by atoms with Gasteiger partial charge in [0, 0.05) is 36.8 Å². The van der Waals surface area contributed by atoms with Crippen LogP contribution in [0, 0.1) is 0 Å². The SMILES string of the molecule is CCNC(=NCC(C)(C)SC)NCCCn1ccnc1. The third-order valence-corrected chi connectivity index (χ3v) is 4.19. The van der Waals surface area contributed by atoms with Crippen molar-refractivity contribution >= 4 is 17.7 Å². The van der Waals surface area contributed by atoms with E-state index in [9.17, 15) is 0 Å². The highest BCUT2D eigenvalue weighted by molar-refractivity contribution is 7.99. The molecule has 0 aliphatic rings. The van der Waals surface area contributed by atoms with Crippen LogP contribution in [0.25, 0.3) is 0 Å². The molecule has 0 amide bonds. The van der Waals surface area contributed by atoms with Gasteiger partial charge in [-0.25, -0.2) is 4.98 Å². The molecule has 0 unspecified atom stereocenters. The average molecular weight is 297 g/mol. The monoisotopic (exact) mass is 297 g/mol. The minimum atomic E-state index is 0.180. The number of hydrogen-bond donors (Lipinski definition) is 2. The number of rotatable bonds is 8. The van der Waals surface area contributed by atoms with Crippen molar-refractivity contribution in [2.24, 2.45) is 4.99 Å². The van der Waals surface area contributed by atoms with E-state index in [1.54, 1.807) is 0 Å². The highest BCUT2D eigenvalue weighted by Gasteiger charge is 2.15. The third kappa shape index (κ3) is 6.84. The molecule has 0 aliphatic carbocycles. The summed E-state index contributed by atoms with van der Waals surface area (Å²) in [6, 6.07) is 0. The fourth-order valence-corrected chi connectivity index (χ4v) is 1.76. The van der Waals surface area contributed by atoms with Crippen molar-refractivity contribution in [3.05, 3.63) is 18.7 Å². The number of hydrogen-bond acceptors (Lipinski definition) is 3. The van der Waals surface area contributed by atoms with Crippen LogP contribution in [0.4, 0.5) is 0 Å². The molecule has 0 aliphatic heterocycles. The molecule has 1 heterocycles. The molecule has 0 fully saturated rings. The minimum absolute atomic E-state index is 0.180. The van der Waals surface area contributed by atoms with Gasteiger partial charge in [0.1, 0.15) is 0 Å². The van der Waals surface area contributed by atoms with E-state index in [0.717, 1.165) is 38.6 Å². The van der Waals surface area contributed by atoms with Crippen LogP contribution in [0.1, 0.15) is 27.2 Å². The van der Waals surface area contributed by atoms with Crippen molar-refractivity contribution in [3.8, 4) is 0 Å². The van der Waals surface area contributed by atoms with Crippen LogP contribution in [0.3, 0.4) is 0 Å². The number of imidazole rings is 1. The highest BCUT2D eigenvalue weighted by atomic mass is 32.2. The molecule has 20 heavy (non-hydrogen) atoms. The first-order valence-corrected chi connectivity index (χ1v) is 8.33. The van der Waals surface area contributed by atoms with E-state index in [4.69, 9.17) is 0 Å². The first-order chi connectivity index (χ1) is 9.57. The summed E-state index contributed by atoms with van der Waals surface area (Å²) in [7, 11) is 0. The summed E-state index contributed by atoms with van der Waals surface area (Å²) in [5, 5.41) is 6.66. The van der Waals surface area contributed by atoms with Crippen molar-refractivity contribution in [3.63, 3.8) is 0 Å². The van der Waals surface area contributed by atoms with Gasteiger partial charge < -0.3 is 15.2 Å². The van der Waals surface area contributed by atoms with Gasteiger partial charge >= 0.3 is 0 Å². The molecule has 0 saturated carbocycles. The van der Waals surface area contributed by atoms with E-state index < -0.39 is 0 Å². The quantitative estimate of drug-likeness (QED) is 0.438. The van der Waals surface area contributed by atoms with E-state index in [0.29, 0.717) is 0 Å². The standard InChI is InChI=1S/C14H27N5S/c1-5-16-13(18-11-14(2,3)20-4)17-7-6-9-19-10-8-15-12-19/h8,10,12H,5-7,9,11H2,1-4H3,(H2,16,17,18). The number of guanidine groups is 1. The van der Waals surface area contributed by atoms with Crippen LogP contribution in [0.15, 0.2) is 23.7 Å². The molecule has 0 aromatic carbocycles. The van der Waals surface area contributed by atoms with Gasteiger partial charge in [-0.05, 0) is 33.4 Å². The molecule has 1 aromatic rings. The summed E-state index contributed by atoms with van der Waals surface area (Å²) < 4.78 is 2.27. The van der Waals surface area contributed by atoms with Crippen LogP contribution in [-0.2, 0) is 6.54 Å². The van der Waals surface area contributed by atoms with E-state index in [2.05, 4.69) is 52.2 Å². The Morgan fingerprint density at radius 2 is 2.20 bits per heavy atom. The predicted molar refractivity (Wildman–Crippen MR) is 88.4 cm³/mol. The number of aliphatic imine (C=N–C) groups is 1. The number of thioether (sulfide) groups is 1. The Morgan fingerprint density at radius 3 is 2.80 bits per heavy atom. The maximum atomic E-state index is 4.64. The molecule has 0 bridgehead atoms. The summed E-state index contributed by atoms with van der Waals surface area (Å²) in [5.41, 5.74) is 0. The Balaban J connectivity index is 2.32. The van der Waals surface area contributed by atoms with E-state index >= 15 is 0 Å². The van der Waals surface area contributed by atoms with Gasteiger partial charge in [-0.1, -0.05) is 0 Å². The molecule has 0 radical (unpaired) electrons. The van der Waals surface area contributed by atoms with Gasteiger partial charge in [-0.15, -0.1) is 0 Å². The van der Waals surface area contributed by atoms with Crippen LogP contribution in [0.2, 0.25) is 0 Å². The topological polar surface area (TPSA) is 54.2 Å². The van der Waals surface area contributed by atoms with Crippen molar-refractivity contribution < 1.29 is 0 Å². The molecular weight excluding hydrogens is 270 g/mol. The predicted octanol–water partition coefficient (Wildman–Crippen LogP) is 1.97. The number of aromatic nitrogens is 2. The van der Waals surface area contributed by atoms with E-state index in [1.165, 1.54) is 0 Å².